The van der Waals surface area contributed by atoms with Crippen LogP contribution < -0.4 is 4.90 Å². The lowest BCUT2D eigenvalue weighted by Crippen LogP contribution is -2.30. The molecule has 4 rings (SSSR count). The van der Waals surface area contributed by atoms with Crippen LogP contribution in [0, 0.1) is 0 Å². The second-order valence-corrected chi connectivity index (χ2v) is 8.67. The van der Waals surface area contributed by atoms with Crippen LogP contribution in [0.1, 0.15) is 38.5 Å². The first-order chi connectivity index (χ1) is 12.8. The lowest BCUT2D eigenvalue weighted by Gasteiger charge is -2.32. The van der Waals surface area contributed by atoms with Crippen molar-refractivity contribution in [2.75, 3.05) is 31.1 Å². The Balaban J connectivity index is 1.38. The molecule has 3 heterocycles. The summed E-state index contributed by atoms with van der Waals surface area (Å²) >= 11 is 8.06. The van der Waals surface area contributed by atoms with Crippen molar-refractivity contribution in [3.05, 3.63) is 41.6 Å². The van der Waals surface area contributed by atoms with Gasteiger partial charge in [0.1, 0.15) is 5.82 Å². The molecular formula is C21H26ClN3S. The number of rotatable bonds is 6. The molecule has 2 aromatic rings. The van der Waals surface area contributed by atoms with Gasteiger partial charge in [0, 0.05) is 22.7 Å². The van der Waals surface area contributed by atoms with E-state index in [1.807, 2.05) is 18.3 Å². The van der Waals surface area contributed by atoms with Gasteiger partial charge in [-0.3, -0.25) is 0 Å². The van der Waals surface area contributed by atoms with E-state index >= 15 is 0 Å². The molecule has 1 aromatic carbocycles. The van der Waals surface area contributed by atoms with Crippen LogP contribution in [0.4, 0.5) is 11.5 Å². The molecule has 0 unspecified atom stereocenters. The maximum absolute atomic E-state index is 6.28. The fourth-order valence-electron chi connectivity index (χ4n) is 3.88. The van der Waals surface area contributed by atoms with E-state index in [-0.39, 0.29) is 0 Å². The monoisotopic (exact) mass is 387 g/mol. The molecule has 1 fully saturated rings. The Morgan fingerprint density at radius 2 is 1.81 bits per heavy atom. The molecule has 1 saturated heterocycles. The topological polar surface area (TPSA) is 19.4 Å². The summed E-state index contributed by atoms with van der Waals surface area (Å²) in [6, 6.07) is 10.4. The van der Waals surface area contributed by atoms with E-state index in [1.54, 1.807) is 11.8 Å². The largest absolute Gasteiger partial charge is 0.324 e. The highest BCUT2D eigenvalue weighted by Gasteiger charge is 2.24. The van der Waals surface area contributed by atoms with Crippen molar-refractivity contribution in [3.8, 4) is 0 Å². The average molecular weight is 388 g/mol. The number of fused-ring (bicyclic) bond motifs is 2. The number of benzene rings is 1. The van der Waals surface area contributed by atoms with Gasteiger partial charge < -0.3 is 9.80 Å². The second-order valence-electron chi connectivity index (χ2n) is 7.15. The molecule has 0 bridgehead atoms. The Labute approximate surface area is 165 Å². The smallest absolute Gasteiger partial charge is 0.147 e. The van der Waals surface area contributed by atoms with Crippen LogP contribution in [0.2, 0.25) is 5.02 Å². The number of nitrogens with zero attached hydrogens (tertiary/aromatic N) is 3. The molecule has 0 spiro atoms. The summed E-state index contributed by atoms with van der Waals surface area (Å²) in [4.78, 5) is 12.1. The van der Waals surface area contributed by atoms with Gasteiger partial charge in [0.15, 0.2) is 0 Å². The molecule has 0 atom stereocenters. The zero-order valence-electron chi connectivity index (χ0n) is 15.2. The van der Waals surface area contributed by atoms with E-state index in [0.717, 1.165) is 17.4 Å². The van der Waals surface area contributed by atoms with Gasteiger partial charge in [-0.05, 0) is 75.6 Å². The van der Waals surface area contributed by atoms with E-state index in [2.05, 4.69) is 33.0 Å². The molecule has 0 N–H and O–H groups in total. The van der Waals surface area contributed by atoms with Gasteiger partial charge >= 0.3 is 0 Å². The molecule has 5 heteroatoms. The van der Waals surface area contributed by atoms with Crippen LogP contribution in [0.15, 0.2) is 46.3 Å². The summed E-state index contributed by atoms with van der Waals surface area (Å²) in [5, 5.41) is 0.791. The molecular weight excluding hydrogens is 362 g/mol. The van der Waals surface area contributed by atoms with Crippen LogP contribution in [0.3, 0.4) is 0 Å². The molecule has 1 aromatic heterocycles. The van der Waals surface area contributed by atoms with E-state index in [0.29, 0.717) is 0 Å². The number of anilines is 2. The van der Waals surface area contributed by atoms with Crippen LogP contribution in [-0.2, 0) is 0 Å². The molecule has 138 valence electrons. The number of likely N-dealkylation sites (tertiary alicyclic amines) is 1. The molecule has 2 aliphatic heterocycles. The van der Waals surface area contributed by atoms with Crippen LogP contribution in [0.5, 0.6) is 0 Å². The number of hydrogen-bond donors (Lipinski definition) is 0. The van der Waals surface area contributed by atoms with Gasteiger partial charge in [-0.1, -0.05) is 36.2 Å². The number of halogens is 1. The summed E-state index contributed by atoms with van der Waals surface area (Å²) < 4.78 is 0. The molecule has 0 radical (unpaired) electrons. The van der Waals surface area contributed by atoms with Crippen molar-refractivity contribution in [3.63, 3.8) is 0 Å². The summed E-state index contributed by atoms with van der Waals surface area (Å²) in [5.41, 5.74) is 1.20. The number of pyridine rings is 1. The Hall–Kier alpha value is -1.23. The number of hydrogen-bond acceptors (Lipinski definition) is 4. The van der Waals surface area contributed by atoms with Crippen LogP contribution in [0.25, 0.3) is 0 Å². The predicted molar refractivity (Wildman–Crippen MR) is 111 cm³/mol. The van der Waals surface area contributed by atoms with Crippen LogP contribution >= 0.6 is 23.4 Å². The van der Waals surface area contributed by atoms with E-state index < -0.39 is 0 Å². The third-order valence-corrected chi connectivity index (χ3v) is 6.58. The zero-order chi connectivity index (χ0) is 17.8. The molecule has 3 nitrogen and oxygen atoms in total. The van der Waals surface area contributed by atoms with E-state index in [4.69, 9.17) is 11.6 Å². The quantitative estimate of drug-likeness (QED) is 0.566. The molecule has 0 amide bonds. The summed E-state index contributed by atoms with van der Waals surface area (Å²) in [6.07, 6.45) is 9.80. The Morgan fingerprint density at radius 1 is 0.962 bits per heavy atom. The standard InChI is InChI=1S/C21H26ClN3S/c22-17-9-10-19-18(16-17)25(21-20(26-19)8-7-11-23-21)15-6-2-5-14-24-12-3-1-4-13-24/h7-11,16H,1-6,12-15H2. The Morgan fingerprint density at radius 3 is 2.69 bits per heavy atom. The summed E-state index contributed by atoms with van der Waals surface area (Å²) in [6.45, 7) is 4.85. The minimum atomic E-state index is 0.791. The minimum Gasteiger partial charge on any atom is -0.324 e. The lowest BCUT2D eigenvalue weighted by molar-refractivity contribution is 0.224. The first kappa shape index (κ1) is 18.1. The first-order valence-electron chi connectivity index (χ1n) is 9.73. The Bertz CT molecular complexity index is 746. The van der Waals surface area contributed by atoms with Crippen molar-refractivity contribution in [1.29, 1.82) is 0 Å². The van der Waals surface area contributed by atoms with Crippen LogP contribution in [-0.4, -0.2) is 36.1 Å². The maximum Gasteiger partial charge on any atom is 0.147 e. The number of aromatic nitrogens is 1. The van der Waals surface area contributed by atoms with E-state index in [9.17, 15) is 0 Å². The zero-order valence-corrected chi connectivity index (χ0v) is 16.7. The predicted octanol–water partition coefficient (Wildman–Crippen LogP) is 5.99. The van der Waals surface area contributed by atoms with Gasteiger partial charge in [-0.15, -0.1) is 0 Å². The van der Waals surface area contributed by atoms with Crippen molar-refractivity contribution in [1.82, 2.24) is 9.88 Å². The van der Waals surface area contributed by atoms with Crippen molar-refractivity contribution in [2.45, 2.75) is 48.3 Å². The third kappa shape index (κ3) is 4.19. The number of piperidine rings is 1. The SMILES string of the molecule is Clc1ccc2c(c1)N(CCCCCN1CCCCC1)c1ncccc1S2. The van der Waals surface area contributed by atoms with Gasteiger partial charge in [0.2, 0.25) is 0 Å². The van der Waals surface area contributed by atoms with Gasteiger partial charge in [0.05, 0.1) is 10.6 Å². The lowest BCUT2D eigenvalue weighted by atomic mass is 10.1. The van der Waals surface area contributed by atoms with Crippen molar-refractivity contribution >= 4 is 34.9 Å². The van der Waals surface area contributed by atoms with Crippen molar-refractivity contribution in [2.24, 2.45) is 0 Å². The average Bonchev–Trinajstić information content (AvgIpc) is 2.68. The Kier molecular flexibility index (Phi) is 6.03. The third-order valence-electron chi connectivity index (χ3n) is 5.24. The van der Waals surface area contributed by atoms with Crippen molar-refractivity contribution < 1.29 is 0 Å². The van der Waals surface area contributed by atoms with E-state index in [1.165, 1.54) is 73.6 Å². The summed E-state index contributed by atoms with van der Waals surface area (Å²) in [5.74, 6) is 1.07. The highest BCUT2D eigenvalue weighted by Crippen LogP contribution is 2.47. The molecule has 0 saturated carbocycles. The highest BCUT2D eigenvalue weighted by atomic mass is 35.5. The summed E-state index contributed by atoms with van der Waals surface area (Å²) in [7, 11) is 0. The minimum absolute atomic E-state index is 0.791. The normalized spacial score (nSPS) is 17.0. The molecule has 26 heavy (non-hydrogen) atoms. The first-order valence-corrected chi connectivity index (χ1v) is 10.9. The van der Waals surface area contributed by atoms with Gasteiger partial charge in [0.25, 0.3) is 0 Å². The molecule has 2 aliphatic rings. The molecule has 0 aliphatic carbocycles. The maximum atomic E-state index is 6.28. The number of unbranched alkanes of at least 4 members (excludes halogenated alkanes) is 2. The fourth-order valence-corrected chi connectivity index (χ4v) is 5.09. The highest BCUT2D eigenvalue weighted by molar-refractivity contribution is 7.99. The second kappa shape index (κ2) is 8.64. The van der Waals surface area contributed by atoms with Gasteiger partial charge in [-0.2, -0.15) is 0 Å². The fraction of sp³-hybridized carbons (Fsp3) is 0.476. The van der Waals surface area contributed by atoms with Gasteiger partial charge in [-0.25, -0.2) is 4.98 Å².